The fourth-order valence-electron chi connectivity index (χ4n) is 3.41. The number of alkyl halides is 2. The summed E-state index contributed by atoms with van der Waals surface area (Å²) in [7, 11) is 0. The molecule has 3 rings (SSSR count). The standard InChI is InChI=1S/C17H22F2N2O2/c1-17(9-20)6-7-21(10-17)15(22)13-8-12(13)11-4-2-3-5-14(11)23-16(18)19/h2-5,12-13,16H,6-10,20H2,1H3. The Morgan fingerprint density at radius 1 is 1.48 bits per heavy atom. The summed E-state index contributed by atoms with van der Waals surface area (Å²) in [6, 6.07) is 6.74. The third-order valence-corrected chi connectivity index (χ3v) is 5.00. The van der Waals surface area contributed by atoms with Gasteiger partial charge >= 0.3 is 6.61 Å². The number of benzene rings is 1. The number of likely N-dealkylation sites (tertiary alicyclic amines) is 1. The molecule has 23 heavy (non-hydrogen) atoms. The molecule has 4 nitrogen and oxygen atoms in total. The van der Waals surface area contributed by atoms with E-state index in [2.05, 4.69) is 11.7 Å². The molecule has 1 amide bonds. The monoisotopic (exact) mass is 324 g/mol. The van der Waals surface area contributed by atoms with E-state index < -0.39 is 6.61 Å². The molecule has 1 saturated carbocycles. The molecule has 6 heteroatoms. The molecule has 1 aromatic rings. The summed E-state index contributed by atoms with van der Waals surface area (Å²) >= 11 is 0. The SMILES string of the molecule is CC1(CN)CCN(C(=O)C2CC2c2ccccc2OC(F)F)C1. The molecule has 1 aromatic carbocycles. The van der Waals surface area contributed by atoms with E-state index in [0.29, 0.717) is 25.1 Å². The van der Waals surface area contributed by atoms with Gasteiger partial charge in [-0.1, -0.05) is 25.1 Å². The minimum absolute atomic E-state index is 0.00323. The maximum Gasteiger partial charge on any atom is 0.387 e. The Bertz CT molecular complexity index is 596. The first-order valence-corrected chi connectivity index (χ1v) is 7.96. The average Bonchev–Trinajstić information content (AvgIpc) is 3.22. The highest BCUT2D eigenvalue weighted by Gasteiger charge is 2.49. The van der Waals surface area contributed by atoms with E-state index in [9.17, 15) is 13.6 Å². The van der Waals surface area contributed by atoms with E-state index in [0.717, 1.165) is 13.0 Å². The van der Waals surface area contributed by atoms with Gasteiger partial charge in [0, 0.05) is 19.0 Å². The number of hydrogen-bond donors (Lipinski definition) is 1. The zero-order valence-corrected chi connectivity index (χ0v) is 13.2. The van der Waals surface area contributed by atoms with Crippen LogP contribution >= 0.6 is 0 Å². The van der Waals surface area contributed by atoms with Gasteiger partial charge in [0.25, 0.3) is 0 Å². The smallest absolute Gasteiger partial charge is 0.387 e. The molecule has 0 spiro atoms. The van der Waals surface area contributed by atoms with E-state index in [1.54, 1.807) is 18.2 Å². The summed E-state index contributed by atoms with van der Waals surface area (Å²) in [5.74, 6) is 0.134. The molecule has 3 unspecified atom stereocenters. The number of nitrogens with two attached hydrogens (primary N) is 1. The van der Waals surface area contributed by atoms with Crippen LogP contribution in [0.2, 0.25) is 0 Å². The van der Waals surface area contributed by atoms with Crippen LogP contribution < -0.4 is 10.5 Å². The first kappa shape index (κ1) is 16.2. The summed E-state index contributed by atoms with van der Waals surface area (Å²) in [6.45, 7) is 1.21. The molecular formula is C17H22F2N2O2. The molecule has 0 bridgehead atoms. The molecule has 1 aliphatic heterocycles. The molecule has 1 saturated heterocycles. The van der Waals surface area contributed by atoms with Crippen LogP contribution in [0, 0.1) is 11.3 Å². The lowest BCUT2D eigenvalue weighted by Gasteiger charge is -2.22. The van der Waals surface area contributed by atoms with Gasteiger partial charge in [0.2, 0.25) is 5.91 Å². The van der Waals surface area contributed by atoms with Crippen molar-refractivity contribution in [3.63, 3.8) is 0 Å². The van der Waals surface area contributed by atoms with Gasteiger partial charge in [0.1, 0.15) is 5.75 Å². The average molecular weight is 324 g/mol. The van der Waals surface area contributed by atoms with Gasteiger partial charge < -0.3 is 15.4 Å². The van der Waals surface area contributed by atoms with Crippen molar-refractivity contribution in [2.75, 3.05) is 19.6 Å². The lowest BCUT2D eigenvalue weighted by molar-refractivity contribution is -0.132. The number of nitrogens with zero attached hydrogens (tertiary/aromatic N) is 1. The van der Waals surface area contributed by atoms with Crippen LogP contribution in [-0.2, 0) is 4.79 Å². The number of ether oxygens (including phenoxy) is 1. The van der Waals surface area contributed by atoms with Crippen LogP contribution in [-0.4, -0.2) is 37.1 Å². The Labute approximate surface area is 134 Å². The molecule has 2 fully saturated rings. The normalized spacial score (nSPS) is 29.9. The van der Waals surface area contributed by atoms with Crippen molar-refractivity contribution in [2.24, 2.45) is 17.1 Å². The van der Waals surface area contributed by atoms with E-state index >= 15 is 0 Å². The number of carbonyl (C=O) groups excluding carboxylic acids is 1. The first-order valence-electron chi connectivity index (χ1n) is 7.96. The second-order valence-corrected chi connectivity index (χ2v) is 6.89. The molecular weight excluding hydrogens is 302 g/mol. The minimum atomic E-state index is -2.85. The molecule has 1 heterocycles. The third-order valence-electron chi connectivity index (χ3n) is 5.00. The summed E-state index contributed by atoms with van der Waals surface area (Å²) < 4.78 is 29.6. The maximum absolute atomic E-state index is 12.6. The highest BCUT2D eigenvalue weighted by atomic mass is 19.3. The molecule has 0 aromatic heterocycles. The maximum atomic E-state index is 12.6. The number of halogens is 2. The van der Waals surface area contributed by atoms with E-state index in [-0.39, 0.29) is 28.9 Å². The number of amides is 1. The van der Waals surface area contributed by atoms with Crippen molar-refractivity contribution in [2.45, 2.75) is 32.3 Å². The van der Waals surface area contributed by atoms with Crippen molar-refractivity contribution in [1.82, 2.24) is 4.90 Å². The van der Waals surface area contributed by atoms with Gasteiger partial charge in [-0.2, -0.15) is 8.78 Å². The molecule has 1 aliphatic carbocycles. The predicted octanol–water partition coefficient (Wildman–Crippen LogP) is 2.59. The van der Waals surface area contributed by atoms with Crippen molar-refractivity contribution in [3.8, 4) is 5.75 Å². The number of hydrogen-bond acceptors (Lipinski definition) is 3. The zero-order chi connectivity index (χ0) is 16.6. The van der Waals surface area contributed by atoms with Gasteiger partial charge in [0.15, 0.2) is 0 Å². The van der Waals surface area contributed by atoms with Crippen LogP contribution in [0.1, 0.15) is 31.2 Å². The number of rotatable bonds is 5. The third kappa shape index (κ3) is 3.32. The van der Waals surface area contributed by atoms with Crippen LogP contribution in [0.3, 0.4) is 0 Å². The van der Waals surface area contributed by atoms with E-state index in [1.165, 1.54) is 6.07 Å². The Hall–Kier alpha value is -1.69. The topological polar surface area (TPSA) is 55.6 Å². The lowest BCUT2D eigenvalue weighted by Crippen LogP contribution is -2.35. The van der Waals surface area contributed by atoms with Gasteiger partial charge in [0.05, 0.1) is 0 Å². The second kappa shape index (κ2) is 6.07. The Morgan fingerprint density at radius 3 is 2.87 bits per heavy atom. The first-order chi connectivity index (χ1) is 10.9. The quantitative estimate of drug-likeness (QED) is 0.906. The largest absolute Gasteiger partial charge is 0.435 e. The van der Waals surface area contributed by atoms with Crippen LogP contribution in [0.4, 0.5) is 8.78 Å². The Morgan fingerprint density at radius 2 is 2.22 bits per heavy atom. The van der Waals surface area contributed by atoms with Crippen LogP contribution in [0.15, 0.2) is 24.3 Å². The van der Waals surface area contributed by atoms with Gasteiger partial charge in [-0.25, -0.2) is 0 Å². The summed E-state index contributed by atoms with van der Waals surface area (Å²) in [5.41, 5.74) is 6.48. The number of carbonyl (C=O) groups is 1. The van der Waals surface area contributed by atoms with Crippen LogP contribution in [0.5, 0.6) is 5.75 Å². The lowest BCUT2D eigenvalue weighted by atomic mass is 9.90. The fraction of sp³-hybridized carbons (Fsp3) is 0.588. The van der Waals surface area contributed by atoms with E-state index in [4.69, 9.17) is 5.73 Å². The Kier molecular flexibility index (Phi) is 4.27. The van der Waals surface area contributed by atoms with Crippen molar-refractivity contribution in [1.29, 1.82) is 0 Å². The minimum Gasteiger partial charge on any atom is -0.435 e. The second-order valence-electron chi connectivity index (χ2n) is 6.89. The Balaban J connectivity index is 1.67. The molecule has 2 aliphatic rings. The highest BCUT2D eigenvalue weighted by Crippen LogP contribution is 2.52. The molecule has 0 radical (unpaired) electrons. The zero-order valence-electron chi connectivity index (χ0n) is 13.2. The van der Waals surface area contributed by atoms with E-state index in [1.807, 2.05) is 4.90 Å². The summed E-state index contributed by atoms with van der Waals surface area (Å²) in [4.78, 5) is 14.5. The summed E-state index contributed by atoms with van der Waals surface area (Å²) in [5, 5.41) is 0. The molecule has 2 N–H and O–H groups in total. The van der Waals surface area contributed by atoms with Gasteiger partial charge in [-0.15, -0.1) is 0 Å². The van der Waals surface area contributed by atoms with Crippen LogP contribution in [0.25, 0.3) is 0 Å². The predicted molar refractivity (Wildman–Crippen MR) is 82.3 cm³/mol. The van der Waals surface area contributed by atoms with Gasteiger partial charge in [-0.3, -0.25) is 4.79 Å². The fourth-order valence-corrected chi connectivity index (χ4v) is 3.41. The van der Waals surface area contributed by atoms with Crippen molar-refractivity contribution in [3.05, 3.63) is 29.8 Å². The molecule has 126 valence electrons. The van der Waals surface area contributed by atoms with Crippen molar-refractivity contribution >= 4 is 5.91 Å². The summed E-state index contributed by atoms with van der Waals surface area (Å²) in [6.07, 6.45) is 1.61. The van der Waals surface area contributed by atoms with Gasteiger partial charge in [-0.05, 0) is 42.3 Å². The highest BCUT2D eigenvalue weighted by molar-refractivity contribution is 5.83. The van der Waals surface area contributed by atoms with Crippen molar-refractivity contribution < 1.29 is 18.3 Å². The molecule has 3 atom stereocenters. The number of para-hydroxylation sites is 1.